The third kappa shape index (κ3) is 3.30. The molecule has 2 heterocycles. The average molecular weight is 399 g/mol. The maximum absolute atomic E-state index is 12.9. The van der Waals surface area contributed by atoms with E-state index in [-0.39, 0.29) is 23.5 Å². The summed E-state index contributed by atoms with van der Waals surface area (Å²) < 4.78 is 4.74. The van der Waals surface area contributed by atoms with Gasteiger partial charge in [0, 0.05) is 4.88 Å². The van der Waals surface area contributed by atoms with Crippen LogP contribution in [0.15, 0.2) is 24.3 Å². The van der Waals surface area contributed by atoms with Crippen LogP contribution in [0.2, 0.25) is 0 Å². The molecule has 148 valence electrons. The van der Waals surface area contributed by atoms with E-state index in [2.05, 4.69) is 31.4 Å². The molecule has 5 nitrogen and oxygen atoms in total. The van der Waals surface area contributed by atoms with Crippen LogP contribution in [0, 0.1) is 11.3 Å². The molecule has 6 heteroatoms. The highest BCUT2D eigenvalue weighted by atomic mass is 32.1. The molecule has 1 aromatic heterocycles. The summed E-state index contributed by atoms with van der Waals surface area (Å²) in [6.07, 6.45) is 2.84. The summed E-state index contributed by atoms with van der Waals surface area (Å²) >= 11 is 1.73. The van der Waals surface area contributed by atoms with Crippen LogP contribution in [0.3, 0.4) is 0 Å². The molecule has 28 heavy (non-hydrogen) atoms. The molecule has 0 unspecified atom stereocenters. The molecule has 2 aliphatic rings. The number of hydrogen-bond acceptors (Lipinski definition) is 5. The lowest BCUT2D eigenvalue weighted by molar-refractivity contribution is 0.0600. The van der Waals surface area contributed by atoms with E-state index in [1.54, 1.807) is 23.5 Å². The summed E-state index contributed by atoms with van der Waals surface area (Å²) in [5, 5.41) is 7.52. The summed E-state index contributed by atoms with van der Waals surface area (Å²) in [5.74, 6) is 0.265. The maximum Gasteiger partial charge on any atom is 0.337 e. The first-order chi connectivity index (χ1) is 13.3. The van der Waals surface area contributed by atoms with Gasteiger partial charge in [-0.1, -0.05) is 32.9 Å². The molecule has 2 N–H and O–H groups in total. The number of nitrogens with one attached hydrogen (secondary N) is 2. The number of esters is 1. The van der Waals surface area contributed by atoms with Gasteiger partial charge in [0.25, 0.3) is 5.91 Å². The highest BCUT2D eigenvalue weighted by molar-refractivity contribution is 7.16. The van der Waals surface area contributed by atoms with Crippen LogP contribution in [0.25, 0.3) is 0 Å². The number of thiophene rings is 1. The number of anilines is 1. The minimum absolute atomic E-state index is 0.0116. The molecule has 1 aromatic carbocycles. The number of carbonyl (C=O) groups excluding carboxylic acids is 2. The molecule has 0 bridgehead atoms. The van der Waals surface area contributed by atoms with Gasteiger partial charge in [-0.3, -0.25) is 4.79 Å². The lowest BCUT2D eigenvalue weighted by Gasteiger charge is -2.34. The van der Waals surface area contributed by atoms with Crippen molar-refractivity contribution in [3.63, 3.8) is 0 Å². The molecular formula is C22H26N2O3S. The molecule has 1 amide bonds. The highest BCUT2D eigenvalue weighted by Crippen LogP contribution is 2.45. The number of hydrogen-bond donors (Lipinski definition) is 2. The lowest BCUT2D eigenvalue weighted by atomic mass is 9.72. The molecule has 4 rings (SSSR count). The van der Waals surface area contributed by atoms with Crippen LogP contribution in [-0.2, 0) is 17.6 Å². The largest absolute Gasteiger partial charge is 0.465 e. The van der Waals surface area contributed by atoms with Crippen molar-refractivity contribution in [3.05, 3.63) is 51.4 Å². The summed E-state index contributed by atoms with van der Waals surface area (Å²) in [5.41, 5.74) is 3.74. The van der Waals surface area contributed by atoms with Crippen molar-refractivity contribution in [1.29, 1.82) is 0 Å². The summed E-state index contributed by atoms with van der Waals surface area (Å²) in [6, 6.07) is 7.13. The fraction of sp³-hybridized carbons (Fsp3) is 0.455. The van der Waals surface area contributed by atoms with Gasteiger partial charge in [0.05, 0.1) is 18.2 Å². The van der Waals surface area contributed by atoms with E-state index in [1.807, 2.05) is 12.1 Å². The van der Waals surface area contributed by atoms with Crippen molar-refractivity contribution >= 4 is 28.2 Å². The fourth-order valence-electron chi connectivity index (χ4n) is 4.13. The molecule has 0 fully saturated rings. The van der Waals surface area contributed by atoms with Gasteiger partial charge < -0.3 is 15.4 Å². The Morgan fingerprint density at radius 1 is 1.18 bits per heavy atom. The van der Waals surface area contributed by atoms with Gasteiger partial charge in [-0.25, -0.2) is 4.79 Å². The van der Waals surface area contributed by atoms with Gasteiger partial charge in [-0.05, 0) is 53.9 Å². The van der Waals surface area contributed by atoms with Gasteiger partial charge in [0.15, 0.2) is 0 Å². The second-order valence-electron chi connectivity index (χ2n) is 8.68. The minimum atomic E-state index is -0.367. The second-order valence-corrected chi connectivity index (χ2v) is 9.78. The number of rotatable bonds is 2. The lowest BCUT2D eigenvalue weighted by Crippen LogP contribution is -2.38. The Balaban J connectivity index is 1.59. The van der Waals surface area contributed by atoms with E-state index >= 15 is 0 Å². The molecule has 2 atom stereocenters. The van der Waals surface area contributed by atoms with Crippen LogP contribution < -0.4 is 10.6 Å². The summed E-state index contributed by atoms with van der Waals surface area (Å²) in [4.78, 5) is 25.9. The number of benzene rings is 1. The molecule has 0 spiro atoms. The normalized spacial score (nSPS) is 21.2. The second kappa shape index (κ2) is 6.92. The van der Waals surface area contributed by atoms with E-state index in [4.69, 9.17) is 4.74 Å². The zero-order chi connectivity index (χ0) is 20.1. The topological polar surface area (TPSA) is 67.4 Å². The first-order valence-corrected chi connectivity index (χ1v) is 10.5. The van der Waals surface area contributed by atoms with Crippen LogP contribution in [0.4, 0.5) is 5.00 Å². The number of fused-ring (bicyclic) bond motifs is 3. The Labute approximate surface area is 169 Å². The fourth-order valence-corrected chi connectivity index (χ4v) is 5.49. The Bertz CT molecular complexity index is 924. The van der Waals surface area contributed by atoms with Crippen molar-refractivity contribution in [2.75, 3.05) is 12.4 Å². The first kappa shape index (κ1) is 19.0. The van der Waals surface area contributed by atoms with Crippen molar-refractivity contribution in [3.8, 4) is 0 Å². The average Bonchev–Trinajstić information content (AvgIpc) is 3.04. The van der Waals surface area contributed by atoms with Crippen LogP contribution in [0.1, 0.15) is 70.1 Å². The van der Waals surface area contributed by atoms with Crippen molar-refractivity contribution < 1.29 is 14.3 Å². The first-order valence-electron chi connectivity index (χ1n) is 9.68. The monoisotopic (exact) mass is 398 g/mol. The van der Waals surface area contributed by atoms with Gasteiger partial charge in [0.2, 0.25) is 0 Å². The number of methoxy groups -OCH3 is 1. The standard InChI is InChI=1S/C22H26N2O3S/c1-22(2,3)14-9-10-15-16(11-14)28-20-17(15)19(25)23-18(24-20)12-5-7-13(8-6-12)21(26)27-4/h5-8,14,18,24H,9-11H2,1-4H3,(H,23,25)/t14-,18+/m1/s1. The van der Waals surface area contributed by atoms with Crippen LogP contribution >= 0.6 is 11.3 Å². The summed E-state index contributed by atoms with van der Waals surface area (Å²) in [6.45, 7) is 6.90. The van der Waals surface area contributed by atoms with Crippen molar-refractivity contribution in [2.45, 2.75) is 46.2 Å². The third-order valence-corrected chi connectivity index (χ3v) is 7.12. The van der Waals surface area contributed by atoms with Crippen molar-refractivity contribution in [1.82, 2.24) is 5.32 Å². The minimum Gasteiger partial charge on any atom is -0.465 e. The van der Waals surface area contributed by atoms with Gasteiger partial charge in [-0.15, -0.1) is 11.3 Å². The van der Waals surface area contributed by atoms with E-state index in [0.717, 1.165) is 35.4 Å². The molecular weight excluding hydrogens is 372 g/mol. The van der Waals surface area contributed by atoms with Gasteiger partial charge in [0.1, 0.15) is 11.2 Å². The van der Waals surface area contributed by atoms with E-state index < -0.39 is 0 Å². The number of carbonyl (C=O) groups is 2. The molecule has 0 saturated carbocycles. The quantitative estimate of drug-likeness (QED) is 0.729. The SMILES string of the molecule is COC(=O)c1ccc([C@H]2NC(=O)c3c(sc4c3CC[C@@H](C(C)(C)C)C4)N2)cc1. The maximum atomic E-state index is 12.9. The summed E-state index contributed by atoms with van der Waals surface area (Å²) in [7, 11) is 1.36. The van der Waals surface area contributed by atoms with Gasteiger partial charge in [-0.2, -0.15) is 0 Å². The Morgan fingerprint density at radius 2 is 1.89 bits per heavy atom. The van der Waals surface area contributed by atoms with Gasteiger partial charge >= 0.3 is 5.97 Å². The third-order valence-electron chi connectivity index (χ3n) is 5.93. The smallest absolute Gasteiger partial charge is 0.337 e. The zero-order valence-electron chi connectivity index (χ0n) is 16.7. The molecule has 1 aliphatic heterocycles. The van der Waals surface area contributed by atoms with Crippen LogP contribution in [0.5, 0.6) is 0 Å². The molecule has 2 aromatic rings. The molecule has 0 saturated heterocycles. The Hall–Kier alpha value is -2.34. The van der Waals surface area contributed by atoms with E-state index in [1.165, 1.54) is 17.6 Å². The van der Waals surface area contributed by atoms with Crippen LogP contribution in [-0.4, -0.2) is 19.0 Å². The highest BCUT2D eigenvalue weighted by Gasteiger charge is 2.36. The number of ether oxygens (including phenoxy) is 1. The van der Waals surface area contributed by atoms with E-state index in [0.29, 0.717) is 11.5 Å². The zero-order valence-corrected chi connectivity index (χ0v) is 17.5. The predicted molar refractivity (Wildman–Crippen MR) is 111 cm³/mol. The number of amides is 1. The van der Waals surface area contributed by atoms with E-state index in [9.17, 15) is 9.59 Å². The van der Waals surface area contributed by atoms with Crippen molar-refractivity contribution in [2.24, 2.45) is 11.3 Å². The molecule has 0 radical (unpaired) electrons. The Morgan fingerprint density at radius 3 is 2.54 bits per heavy atom. The Kier molecular flexibility index (Phi) is 4.70. The predicted octanol–water partition coefficient (Wildman–Crippen LogP) is 4.54. The molecule has 1 aliphatic carbocycles.